The lowest BCUT2D eigenvalue weighted by Crippen LogP contribution is -2.51. The maximum atomic E-state index is 12.9. The van der Waals surface area contributed by atoms with Gasteiger partial charge in [-0.25, -0.2) is 0 Å². The van der Waals surface area contributed by atoms with Gasteiger partial charge in [-0.3, -0.25) is 9.59 Å². The predicted octanol–water partition coefficient (Wildman–Crippen LogP) is 4.13. The van der Waals surface area contributed by atoms with Crippen molar-refractivity contribution in [3.8, 4) is 0 Å². The summed E-state index contributed by atoms with van der Waals surface area (Å²) in [6.07, 6.45) is 3.61. The fourth-order valence-electron chi connectivity index (χ4n) is 4.75. The molecule has 2 amide bonds. The second-order valence-electron chi connectivity index (χ2n) is 9.06. The van der Waals surface area contributed by atoms with Crippen LogP contribution in [0.4, 0.5) is 0 Å². The molecule has 0 saturated carbocycles. The van der Waals surface area contributed by atoms with Gasteiger partial charge in [0.1, 0.15) is 0 Å². The van der Waals surface area contributed by atoms with Crippen LogP contribution in [0, 0.1) is 19.8 Å². The molecule has 2 aromatic rings. The molecule has 164 valence electrons. The first-order valence-corrected chi connectivity index (χ1v) is 11.3. The molecule has 5 heteroatoms. The van der Waals surface area contributed by atoms with E-state index in [0.29, 0.717) is 18.0 Å². The van der Waals surface area contributed by atoms with E-state index in [1.807, 2.05) is 60.4 Å². The van der Waals surface area contributed by atoms with Crippen LogP contribution < -0.4 is 5.32 Å². The molecule has 0 aliphatic carbocycles. The van der Waals surface area contributed by atoms with Gasteiger partial charge in [0, 0.05) is 37.4 Å². The van der Waals surface area contributed by atoms with Gasteiger partial charge in [-0.15, -0.1) is 0 Å². The van der Waals surface area contributed by atoms with E-state index in [1.165, 1.54) is 5.56 Å². The van der Waals surface area contributed by atoms with Crippen LogP contribution >= 0.6 is 0 Å². The van der Waals surface area contributed by atoms with Gasteiger partial charge in [-0.2, -0.15) is 0 Å². The summed E-state index contributed by atoms with van der Waals surface area (Å²) in [6, 6.07) is 15.3. The van der Waals surface area contributed by atoms with Crippen LogP contribution in [0.1, 0.15) is 57.5 Å². The Morgan fingerprint density at radius 2 is 1.77 bits per heavy atom. The van der Waals surface area contributed by atoms with Crippen molar-refractivity contribution < 1.29 is 14.3 Å². The molecular weight excluding hydrogens is 388 g/mol. The van der Waals surface area contributed by atoms with E-state index in [9.17, 15) is 9.59 Å². The van der Waals surface area contributed by atoms with Crippen LogP contribution in [0.5, 0.6) is 0 Å². The number of rotatable bonds is 4. The molecule has 5 nitrogen and oxygen atoms in total. The highest BCUT2D eigenvalue weighted by Crippen LogP contribution is 2.37. The normalized spacial score (nSPS) is 20.5. The Bertz CT molecular complexity index is 933. The summed E-state index contributed by atoms with van der Waals surface area (Å²) in [7, 11) is 0. The number of amides is 2. The van der Waals surface area contributed by atoms with Crippen LogP contribution in [0.25, 0.3) is 0 Å². The molecule has 2 aromatic carbocycles. The highest BCUT2D eigenvalue weighted by Gasteiger charge is 2.41. The molecule has 4 rings (SSSR count). The van der Waals surface area contributed by atoms with E-state index in [4.69, 9.17) is 4.74 Å². The van der Waals surface area contributed by atoms with Gasteiger partial charge in [-0.05, 0) is 80.8 Å². The predicted molar refractivity (Wildman–Crippen MR) is 121 cm³/mol. The maximum Gasteiger partial charge on any atom is 0.253 e. The number of ether oxygens (including phenoxy) is 1. The van der Waals surface area contributed by atoms with Gasteiger partial charge in [0.2, 0.25) is 0 Å². The summed E-state index contributed by atoms with van der Waals surface area (Å²) in [5, 5.41) is 3.09. The standard InChI is InChI=1S/C26H32N2O3/c1-19-8-9-23(16-20(19)2)25(30)28-13-11-26(12-14-28)17-21(10-15-31-26)18-27-24(29)22-6-4-3-5-7-22/h3-9,16,21H,10-15,17-18H2,1-2H3,(H,27,29). The molecule has 2 aliphatic rings. The third kappa shape index (κ3) is 4.99. The van der Waals surface area contributed by atoms with Crippen molar-refractivity contribution in [1.82, 2.24) is 10.2 Å². The molecule has 1 N–H and O–H groups in total. The summed E-state index contributed by atoms with van der Waals surface area (Å²) < 4.78 is 6.25. The second kappa shape index (κ2) is 9.23. The van der Waals surface area contributed by atoms with Crippen LogP contribution in [-0.2, 0) is 4.74 Å². The highest BCUT2D eigenvalue weighted by atomic mass is 16.5. The van der Waals surface area contributed by atoms with Crippen molar-refractivity contribution in [3.05, 3.63) is 70.8 Å². The van der Waals surface area contributed by atoms with Gasteiger partial charge < -0.3 is 15.0 Å². The van der Waals surface area contributed by atoms with Gasteiger partial charge in [-0.1, -0.05) is 24.3 Å². The summed E-state index contributed by atoms with van der Waals surface area (Å²) in [5.74, 6) is 0.499. The molecule has 31 heavy (non-hydrogen) atoms. The number of piperidine rings is 1. The SMILES string of the molecule is Cc1ccc(C(=O)N2CCC3(CC2)CC(CNC(=O)c2ccccc2)CCO3)cc1C. The highest BCUT2D eigenvalue weighted by molar-refractivity contribution is 5.95. The Balaban J connectivity index is 1.31. The van der Waals surface area contributed by atoms with E-state index in [0.717, 1.165) is 56.5 Å². The number of carbonyl (C=O) groups excluding carboxylic acids is 2. The monoisotopic (exact) mass is 420 g/mol. The quantitative estimate of drug-likeness (QED) is 0.809. The molecule has 2 saturated heterocycles. The van der Waals surface area contributed by atoms with E-state index in [-0.39, 0.29) is 17.4 Å². The fourth-order valence-corrected chi connectivity index (χ4v) is 4.75. The van der Waals surface area contributed by atoms with E-state index in [2.05, 4.69) is 12.2 Å². The molecular formula is C26H32N2O3. The number of hydrogen-bond acceptors (Lipinski definition) is 3. The average molecular weight is 421 g/mol. The number of hydrogen-bond donors (Lipinski definition) is 1. The Labute approximate surface area is 184 Å². The summed E-state index contributed by atoms with van der Waals surface area (Å²) in [5.41, 5.74) is 3.65. The smallest absolute Gasteiger partial charge is 0.253 e. The van der Waals surface area contributed by atoms with E-state index < -0.39 is 0 Å². The zero-order valence-corrected chi connectivity index (χ0v) is 18.5. The third-order valence-electron chi connectivity index (χ3n) is 6.90. The maximum absolute atomic E-state index is 12.9. The molecule has 0 bridgehead atoms. The number of carbonyl (C=O) groups is 2. The Morgan fingerprint density at radius 3 is 2.48 bits per heavy atom. The van der Waals surface area contributed by atoms with Crippen LogP contribution in [0.15, 0.2) is 48.5 Å². The van der Waals surface area contributed by atoms with E-state index >= 15 is 0 Å². The summed E-state index contributed by atoms with van der Waals surface area (Å²) in [4.78, 5) is 27.3. The zero-order chi connectivity index (χ0) is 21.8. The first-order valence-electron chi connectivity index (χ1n) is 11.3. The molecule has 1 spiro atoms. The van der Waals surface area contributed by atoms with Gasteiger partial charge in [0.25, 0.3) is 11.8 Å². The minimum absolute atomic E-state index is 0.0186. The lowest BCUT2D eigenvalue weighted by molar-refractivity contribution is -0.122. The summed E-state index contributed by atoms with van der Waals surface area (Å²) in [6.45, 7) is 6.93. The lowest BCUT2D eigenvalue weighted by atomic mass is 9.79. The zero-order valence-electron chi connectivity index (χ0n) is 18.5. The van der Waals surface area contributed by atoms with Gasteiger partial charge in [0.15, 0.2) is 0 Å². The number of nitrogens with one attached hydrogen (secondary N) is 1. The molecule has 1 unspecified atom stereocenters. The van der Waals surface area contributed by atoms with Gasteiger partial charge >= 0.3 is 0 Å². The molecule has 2 fully saturated rings. The molecule has 2 heterocycles. The van der Waals surface area contributed by atoms with Crippen LogP contribution in [0.3, 0.4) is 0 Å². The average Bonchev–Trinajstić information content (AvgIpc) is 2.80. The number of aryl methyl sites for hydroxylation is 2. The Kier molecular flexibility index (Phi) is 6.42. The molecule has 0 radical (unpaired) electrons. The van der Waals surface area contributed by atoms with Crippen LogP contribution in [-0.4, -0.2) is 48.6 Å². The largest absolute Gasteiger partial charge is 0.375 e. The number of benzene rings is 2. The van der Waals surface area contributed by atoms with Gasteiger partial charge in [0.05, 0.1) is 5.60 Å². The Morgan fingerprint density at radius 1 is 1.03 bits per heavy atom. The molecule has 0 aromatic heterocycles. The second-order valence-corrected chi connectivity index (χ2v) is 9.06. The third-order valence-corrected chi connectivity index (χ3v) is 6.90. The summed E-state index contributed by atoms with van der Waals surface area (Å²) >= 11 is 0. The lowest BCUT2D eigenvalue weighted by Gasteiger charge is -2.46. The first-order chi connectivity index (χ1) is 15.0. The topological polar surface area (TPSA) is 58.6 Å². The van der Waals surface area contributed by atoms with Crippen molar-refractivity contribution in [1.29, 1.82) is 0 Å². The van der Waals surface area contributed by atoms with E-state index in [1.54, 1.807) is 0 Å². The van der Waals surface area contributed by atoms with Crippen molar-refractivity contribution >= 4 is 11.8 Å². The number of likely N-dealkylation sites (tertiary alicyclic amines) is 1. The fraction of sp³-hybridized carbons (Fsp3) is 0.462. The molecule has 2 aliphatic heterocycles. The van der Waals surface area contributed by atoms with Crippen LogP contribution in [0.2, 0.25) is 0 Å². The van der Waals surface area contributed by atoms with Crippen molar-refractivity contribution in [2.75, 3.05) is 26.2 Å². The minimum atomic E-state index is -0.166. The van der Waals surface area contributed by atoms with Crippen molar-refractivity contribution in [3.63, 3.8) is 0 Å². The van der Waals surface area contributed by atoms with Crippen molar-refractivity contribution in [2.24, 2.45) is 5.92 Å². The minimum Gasteiger partial charge on any atom is -0.375 e. The molecule has 1 atom stereocenters. The number of nitrogens with zero attached hydrogens (tertiary/aromatic N) is 1. The first kappa shape index (κ1) is 21.6. The van der Waals surface area contributed by atoms with Crippen molar-refractivity contribution in [2.45, 2.75) is 45.1 Å². The Hall–Kier alpha value is -2.66.